The van der Waals surface area contributed by atoms with Crippen molar-refractivity contribution in [1.29, 1.82) is 0 Å². The predicted molar refractivity (Wildman–Crippen MR) is 129 cm³/mol. The van der Waals surface area contributed by atoms with Gasteiger partial charge in [0.1, 0.15) is 10.7 Å². The van der Waals surface area contributed by atoms with E-state index < -0.39 is 12.6 Å². The first-order valence-corrected chi connectivity index (χ1v) is 11.3. The number of nitrogens with zero attached hydrogens (tertiary/aromatic N) is 3. The number of ether oxygens (including phenoxy) is 3. The number of esters is 1. The highest BCUT2D eigenvalue weighted by Gasteiger charge is 2.25. The molecule has 0 atom stereocenters. The average molecular weight is 492 g/mol. The summed E-state index contributed by atoms with van der Waals surface area (Å²) in [6.45, 7) is 5.18. The zero-order valence-electron chi connectivity index (χ0n) is 19.4. The lowest BCUT2D eigenvalue weighted by atomic mass is 10.1. The molecule has 2 aromatic heterocycles. The highest BCUT2D eigenvalue weighted by Crippen LogP contribution is 2.35. The van der Waals surface area contributed by atoms with Gasteiger partial charge in [-0.05, 0) is 51.1 Å². The Kier molecular flexibility index (Phi) is 5.82. The van der Waals surface area contributed by atoms with E-state index >= 15 is 0 Å². The van der Waals surface area contributed by atoms with Crippen LogP contribution in [0.25, 0.3) is 11.4 Å². The van der Waals surface area contributed by atoms with Crippen molar-refractivity contribution in [2.24, 2.45) is 0 Å². The number of rotatable bonds is 6. The highest BCUT2D eigenvalue weighted by molar-refractivity contribution is 6.33. The van der Waals surface area contributed by atoms with E-state index in [0.717, 1.165) is 17.1 Å². The summed E-state index contributed by atoms with van der Waals surface area (Å²) < 4.78 is 19.6. The number of carbonyl (C=O) groups excluding carboxylic acids is 2. The first-order chi connectivity index (χ1) is 16.8. The van der Waals surface area contributed by atoms with Gasteiger partial charge in [0.15, 0.2) is 18.1 Å². The molecule has 0 saturated carbocycles. The maximum atomic E-state index is 13.0. The molecule has 8 nitrogen and oxygen atoms in total. The molecule has 0 spiro atoms. The number of hydrogen-bond acceptors (Lipinski definition) is 6. The van der Waals surface area contributed by atoms with Crippen molar-refractivity contribution in [2.45, 2.75) is 20.8 Å². The fourth-order valence-corrected chi connectivity index (χ4v) is 4.57. The zero-order chi connectivity index (χ0) is 24.7. The Hall–Kier alpha value is -4.04. The van der Waals surface area contributed by atoms with Crippen LogP contribution in [0.3, 0.4) is 0 Å². The number of aryl methyl sites for hydroxylation is 2. The van der Waals surface area contributed by atoms with Gasteiger partial charge in [0.2, 0.25) is 12.6 Å². The van der Waals surface area contributed by atoms with Gasteiger partial charge in [0.05, 0.1) is 11.4 Å². The van der Waals surface area contributed by atoms with E-state index in [1.807, 2.05) is 66.9 Å². The average Bonchev–Trinajstić information content (AvgIpc) is 3.52. The Balaban J connectivity index is 1.34. The number of carbonyl (C=O) groups is 2. The number of hydrogen-bond donors (Lipinski definition) is 0. The summed E-state index contributed by atoms with van der Waals surface area (Å²) in [5.74, 6) is 0.319. The SMILES string of the molecule is Cc1nn(-c2ccccc2)c(Cl)c1C(=O)OCC(=O)c1cc(C)n(-c2ccc3c(c2)OCO3)c1C. The van der Waals surface area contributed by atoms with Gasteiger partial charge in [-0.3, -0.25) is 4.79 Å². The molecule has 5 rings (SSSR count). The molecule has 0 saturated heterocycles. The van der Waals surface area contributed by atoms with Gasteiger partial charge in [0.25, 0.3) is 0 Å². The summed E-state index contributed by atoms with van der Waals surface area (Å²) in [6.07, 6.45) is 0. The number of aromatic nitrogens is 3. The van der Waals surface area contributed by atoms with Gasteiger partial charge in [0, 0.05) is 28.7 Å². The van der Waals surface area contributed by atoms with Gasteiger partial charge in [-0.15, -0.1) is 0 Å². The normalized spacial score (nSPS) is 12.1. The second-order valence-corrected chi connectivity index (χ2v) is 8.51. The molecule has 4 aromatic rings. The molecule has 9 heteroatoms. The second-order valence-electron chi connectivity index (χ2n) is 8.16. The van der Waals surface area contributed by atoms with Crippen molar-refractivity contribution in [1.82, 2.24) is 14.3 Å². The van der Waals surface area contributed by atoms with E-state index in [0.29, 0.717) is 28.4 Å². The Bertz CT molecular complexity index is 1460. The maximum Gasteiger partial charge on any atom is 0.343 e. The molecule has 0 unspecified atom stereocenters. The monoisotopic (exact) mass is 491 g/mol. The summed E-state index contributed by atoms with van der Waals surface area (Å²) >= 11 is 6.44. The molecule has 178 valence electrons. The molecule has 0 fully saturated rings. The molecule has 0 radical (unpaired) electrons. The molecule has 1 aliphatic heterocycles. The Labute approximate surface area is 206 Å². The van der Waals surface area contributed by atoms with Crippen LogP contribution in [0.5, 0.6) is 11.5 Å². The largest absolute Gasteiger partial charge is 0.454 e. The van der Waals surface area contributed by atoms with Crippen molar-refractivity contribution in [3.05, 3.63) is 88.0 Å². The molecule has 1 aliphatic rings. The number of halogens is 1. The second kappa shape index (κ2) is 8.96. The topological polar surface area (TPSA) is 84.6 Å². The van der Waals surface area contributed by atoms with Crippen molar-refractivity contribution < 1.29 is 23.8 Å². The number of fused-ring (bicyclic) bond motifs is 1. The lowest BCUT2D eigenvalue weighted by Crippen LogP contribution is -2.15. The fraction of sp³-hybridized carbons (Fsp3) is 0.192. The molecule has 2 aromatic carbocycles. The molecule has 35 heavy (non-hydrogen) atoms. The smallest absolute Gasteiger partial charge is 0.343 e. The summed E-state index contributed by atoms with van der Waals surface area (Å²) in [5.41, 5.74) is 4.16. The Morgan fingerprint density at radius 3 is 2.51 bits per heavy atom. The number of para-hydroxylation sites is 1. The zero-order valence-corrected chi connectivity index (χ0v) is 20.1. The summed E-state index contributed by atoms with van der Waals surface area (Å²) in [5, 5.41) is 4.48. The third-order valence-electron chi connectivity index (χ3n) is 5.89. The Morgan fingerprint density at radius 2 is 1.74 bits per heavy atom. The van der Waals surface area contributed by atoms with Crippen LogP contribution in [0.2, 0.25) is 5.15 Å². The van der Waals surface area contributed by atoms with Crippen LogP contribution >= 0.6 is 11.6 Å². The van der Waals surface area contributed by atoms with E-state index in [-0.39, 0.29) is 23.3 Å². The Morgan fingerprint density at radius 1 is 1.00 bits per heavy atom. The lowest BCUT2D eigenvalue weighted by molar-refractivity contribution is 0.0474. The van der Waals surface area contributed by atoms with E-state index in [1.165, 1.54) is 4.68 Å². The van der Waals surface area contributed by atoms with Crippen molar-refractivity contribution >= 4 is 23.4 Å². The van der Waals surface area contributed by atoms with Crippen LogP contribution in [0.15, 0.2) is 54.6 Å². The van der Waals surface area contributed by atoms with Gasteiger partial charge in [-0.2, -0.15) is 5.10 Å². The molecule has 0 N–H and O–H groups in total. The van der Waals surface area contributed by atoms with Crippen molar-refractivity contribution in [2.75, 3.05) is 13.4 Å². The summed E-state index contributed by atoms with van der Waals surface area (Å²) in [4.78, 5) is 25.8. The first-order valence-electron chi connectivity index (χ1n) is 10.9. The molecule has 3 heterocycles. The summed E-state index contributed by atoms with van der Waals surface area (Å²) in [7, 11) is 0. The third kappa shape index (κ3) is 4.06. The minimum Gasteiger partial charge on any atom is -0.454 e. The quantitative estimate of drug-likeness (QED) is 0.278. The third-order valence-corrected chi connectivity index (χ3v) is 6.24. The molecule has 0 aliphatic carbocycles. The highest BCUT2D eigenvalue weighted by atomic mass is 35.5. The van der Waals surface area contributed by atoms with Gasteiger partial charge in [-0.1, -0.05) is 29.8 Å². The van der Waals surface area contributed by atoms with Gasteiger partial charge >= 0.3 is 5.97 Å². The predicted octanol–water partition coefficient (Wildman–Crippen LogP) is 5.01. The van der Waals surface area contributed by atoms with E-state index in [9.17, 15) is 9.59 Å². The van der Waals surface area contributed by atoms with Crippen LogP contribution in [-0.2, 0) is 4.74 Å². The first kappa shape index (κ1) is 22.7. The lowest BCUT2D eigenvalue weighted by Gasteiger charge is -2.11. The minimum absolute atomic E-state index is 0.132. The maximum absolute atomic E-state index is 13.0. The van der Waals surface area contributed by atoms with E-state index in [2.05, 4.69) is 5.10 Å². The van der Waals surface area contributed by atoms with Crippen LogP contribution in [0, 0.1) is 20.8 Å². The van der Waals surface area contributed by atoms with Crippen LogP contribution in [0.1, 0.15) is 37.8 Å². The van der Waals surface area contributed by atoms with E-state index in [4.69, 9.17) is 25.8 Å². The molecule has 0 amide bonds. The fourth-order valence-electron chi connectivity index (χ4n) is 4.22. The number of Topliss-reactive ketones (excluding diaryl/α,β-unsaturated/α-hetero) is 1. The van der Waals surface area contributed by atoms with Crippen molar-refractivity contribution in [3.8, 4) is 22.9 Å². The minimum atomic E-state index is -0.701. The number of ketones is 1. The number of benzene rings is 2. The summed E-state index contributed by atoms with van der Waals surface area (Å²) in [6, 6.07) is 16.6. The van der Waals surface area contributed by atoms with Crippen LogP contribution in [-0.4, -0.2) is 39.5 Å². The molecule has 0 bridgehead atoms. The van der Waals surface area contributed by atoms with Crippen molar-refractivity contribution in [3.63, 3.8) is 0 Å². The molecular weight excluding hydrogens is 470 g/mol. The van der Waals surface area contributed by atoms with E-state index in [1.54, 1.807) is 13.0 Å². The van der Waals surface area contributed by atoms with Gasteiger partial charge in [-0.25, -0.2) is 9.48 Å². The van der Waals surface area contributed by atoms with Gasteiger partial charge < -0.3 is 18.8 Å². The molecular formula is C26H22ClN3O5. The van der Waals surface area contributed by atoms with Crippen LogP contribution < -0.4 is 9.47 Å². The van der Waals surface area contributed by atoms with Crippen LogP contribution in [0.4, 0.5) is 0 Å². The standard InChI is InChI=1S/C26H22ClN3O5/c1-15-11-20(17(3)29(15)19-9-10-22-23(12-19)35-14-34-22)21(31)13-33-26(32)24-16(2)28-30(25(24)27)18-7-5-4-6-8-18/h4-12H,13-14H2,1-3H3.